The number of nitrogens with zero attached hydrogens (tertiary/aromatic N) is 3. The Labute approximate surface area is 189 Å². The van der Waals surface area contributed by atoms with Gasteiger partial charge in [0, 0.05) is 69.9 Å². The summed E-state index contributed by atoms with van der Waals surface area (Å²) < 4.78 is 27.2. The van der Waals surface area contributed by atoms with Crippen LogP contribution in [0.1, 0.15) is 30.4 Å². The van der Waals surface area contributed by atoms with E-state index in [1.54, 1.807) is 4.90 Å². The summed E-state index contributed by atoms with van der Waals surface area (Å²) in [6.45, 7) is 5.82. The fourth-order valence-corrected chi connectivity index (χ4v) is 4.62. The monoisotopic (exact) mass is 439 g/mol. The molecule has 6 heteroatoms. The molecule has 2 aliphatic heterocycles. The molecule has 0 spiro atoms. The maximum absolute atomic E-state index is 14.0. The van der Waals surface area contributed by atoms with Crippen molar-refractivity contribution < 1.29 is 13.6 Å². The fraction of sp³-hybridized carbons (Fsp3) is 0.423. The van der Waals surface area contributed by atoms with Gasteiger partial charge in [0.25, 0.3) is 0 Å². The summed E-state index contributed by atoms with van der Waals surface area (Å²) >= 11 is 0. The third-order valence-corrected chi connectivity index (χ3v) is 6.55. The fourth-order valence-electron chi connectivity index (χ4n) is 4.62. The number of hydrogen-bond donors (Lipinski definition) is 0. The first-order valence-corrected chi connectivity index (χ1v) is 11.5. The quantitative estimate of drug-likeness (QED) is 0.676. The molecule has 0 aromatic heterocycles. The smallest absolute Gasteiger partial charge is 0.222 e. The normalized spacial score (nSPS) is 21.2. The Morgan fingerprint density at radius 2 is 1.72 bits per heavy atom. The van der Waals surface area contributed by atoms with Gasteiger partial charge in [0.05, 0.1) is 0 Å². The number of hydrogen-bond acceptors (Lipinski definition) is 3. The van der Waals surface area contributed by atoms with E-state index >= 15 is 0 Å². The summed E-state index contributed by atoms with van der Waals surface area (Å²) in [5, 5.41) is 0. The minimum atomic E-state index is -0.594. The molecule has 170 valence electrons. The lowest BCUT2D eigenvalue weighted by Crippen LogP contribution is -2.50. The molecule has 2 aromatic rings. The molecule has 2 aromatic carbocycles. The number of piperazine rings is 1. The van der Waals surface area contributed by atoms with Crippen LogP contribution in [0, 0.1) is 11.6 Å². The van der Waals surface area contributed by atoms with Gasteiger partial charge >= 0.3 is 0 Å². The van der Waals surface area contributed by atoms with Crippen LogP contribution in [0.25, 0.3) is 6.08 Å². The van der Waals surface area contributed by atoms with Gasteiger partial charge in [-0.3, -0.25) is 14.6 Å². The Kier molecular flexibility index (Phi) is 7.66. The van der Waals surface area contributed by atoms with Gasteiger partial charge in [-0.15, -0.1) is 0 Å². The standard InChI is InChI=1S/C26H31F2N3O/c27-23-9-8-22(25(28)19-23)20-31-14-12-24(10-11-26(31)32)30-17-15-29(16-18-30)13-4-7-21-5-2-1-3-6-21/h1-9,19,24H,10-18,20H2/b7-4+. The van der Waals surface area contributed by atoms with Crippen LogP contribution in [0.5, 0.6) is 0 Å². The van der Waals surface area contributed by atoms with Crippen molar-refractivity contribution >= 4 is 12.0 Å². The number of likely N-dealkylation sites (tertiary alicyclic amines) is 1. The van der Waals surface area contributed by atoms with Gasteiger partial charge in [-0.25, -0.2) is 8.78 Å². The second-order valence-corrected chi connectivity index (χ2v) is 8.68. The zero-order chi connectivity index (χ0) is 22.3. The molecule has 2 heterocycles. The minimum Gasteiger partial charge on any atom is -0.338 e. The van der Waals surface area contributed by atoms with E-state index in [1.165, 1.54) is 17.7 Å². The molecule has 4 nitrogen and oxygen atoms in total. The molecule has 32 heavy (non-hydrogen) atoms. The second-order valence-electron chi connectivity index (χ2n) is 8.68. The number of carbonyl (C=O) groups is 1. The highest BCUT2D eigenvalue weighted by Crippen LogP contribution is 2.22. The third-order valence-electron chi connectivity index (χ3n) is 6.55. The zero-order valence-electron chi connectivity index (χ0n) is 18.4. The molecule has 2 fully saturated rings. The van der Waals surface area contributed by atoms with E-state index in [0.29, 0.717) is 24.6 Å². The number of benzene rings is 2. The summed E-state index contributed by atoms with van der Waals surface area (Å²) in [4.78, 5) is 19.3. The van der Waals surface area contributed by atoms with E-state index in [2.05, 4.69) is 34.1 Å². The van der Waals surface area contributed by atoms with Crippen molar-refractivity contribution in [3.8, 4) is 0 Å². The van der Waals surface area contributed by atoms with E-state index in [4.69, 9.17) is 0 Å². The first-order chi connectivity index (χ1) is 15.6. The van der Waals surface area contributed by atoms with Gasteiger partial charge in [0.2, 0.25) is 5.91 Å². The first-order valence-electron chi connectivity index (χ1n) is 11.5. The van der Waals surface area contributed by atoms with Gasteiger partial charge in [-0.1, -0.05) is 48.6 Å². The minimum absolute atomic E-state index is 0.0564. The Hall–Kier alpha value is -2.57. The van der Waals surface area contributed by atoms with E-state index in [0.717, 1.165) is 51.6 Å². The summed E-state index contributed by atoms with van der Waals surface area (Å²) in [5.74, 6) is -1.12. The van der Waals surface area contributed by atoms with E-state index in [1.807, 2.05) is 18.2 Å². The Morgan fingerprint density at radius 3 is 2.47 bits per heavy atom. The van der Waals surface area contributed by atoms with Crippen molar-refractivity contribution in [1.82, 2.24) is 14.7 Å². The van der Waals surface area contributed by atoms with Gasteiger partial charge < -0.3 is 4.90 Å². The molecule has 0 aliphatic carbocycles. The van der Waals surface area contributed by atoms with Crippen molar-refractivity contribution in [3.05, 3.63) is 77.4 Å². The molecule has 0 bridgehead atoms. The van der Waals surface area contributed by atoms with E-state index < -0.39 is 11.6 Å². The van der Waals surface area contributed by atoms with Crippen LogP contribution in [-0.4, -0.2) is 65.9 Å². The topological polar surface area (TPSA) is 26.8 Å². The van der Waals surface area contributed by atoms with Crippen LogP contribution in [-0.2, 0) is 11.3 Å². The first kappa shape index (κ1) is 22.6. The van der Waals surface area contributed by atoms with Crippen LogP contribution in [0.15, 0.2) is 54.6 Å². The summed E-state index contributed by atoms with van der Waals surface area (Å²) in [6.07, 6.45) is 6.61. The van der Waals surface area contributed by atoms with Gasteiger partial charge in [0.15, 0.2) is 0 Å². The van der Waals surface area contributed by atoms with E-state index in [9.17, 15) is 13.6 Å². The molecule has 0 saturated carbocycles. The van der Waals surface area contributed by atoms with Crippen LogP contribution in [0.3, 0.4) is 0 Å². The molecule has 1 amide bonds. The van der Waals surface area contributed by atoms with Gasteiger partial charge in [-0.05, 0) is 24.5 Å². The number of halogens is 2. The second kappa shape index (κ2) is 10.8. The molecular formula is C26H31F2N3O. The third kappa shape index (κ3) is 6.02. The highest BCUT2D eigenvalue weighted by Gasteiger charge is 2.28. The van der Waals surface area contributed by atoms with Crippen molar-refractivity contribution in [1.29, 1.82) is 0 Å². The van der Waals surface area contributed by atoms with Gasteiger partial charge in [0.1, 0.15) is 11.6 Å². The molecule has 2 saturated heterocycles. The predicted molar refractivity (Wildman–Crippen MR) is 123 cm³/mol. The molecule has 4 rings (SSSR count). The maximum atomic E-state index is 14.0. The van der Waals surface area contributed by atoms with Crippen molar-refractivity contribution in [2.24, 2.45) is 0 Å². The lowest BCUT2D eigenvalue weighted by atomic mass is 10.1. The Balaban J connectivity index is 1.25. The van der Waals surface area contributed by atoms with Crippen molar-refractivity contribution in [2.45, 2.75) is 31.8 Å². The number of amides is 1. The Morgan fingerprint density at radius 1 is 0.938 bits per heavy atom. The molecule has 0 radical (unpaired) electrons. The number of rotatable bonds is 6. The molecule has 2 aliphatic rings. The molecular weight excluding hydrogens is 408 g/mol. The molecule has 1 unspecified atom stereocenters. The van der Waals surface area contributed by atoms with Gasteiger partial charge in [-0.2, -0.15) is 0 Å². The SMILES string of the molecule is O=C1CCC(N2CCN(C/C=C/c3ccccc3)CC2)CCN1Cc1ccc(F)cc1F. The molecule has 0 N–H and O–H groups in total. The van der Waals surface area contributed by atoms with Crippen LogP contribution >= 0.6 is 0 Å². The van der Waals surface area contributed by atoms with E-state index in [-0.39, 0.29) is 12.5 Å². The highest BCUT2D eigenvalue weighted by atomic mass is 19.1. The van der Waals surface area contributed by atoms with Crippen LogP contribution < -0.4 is 0 Å². The number of carbonyl (C=O) groups excluding carboxylic acids is 1. The summed E-state index contributed by atoms with van der Waals surface area (Å²) in [5.41, 5.74) is 1.59. The predicted octanol–water partition coefficient (Wildman–Crippen LogP) is 4.18. The average molecular weight is 440 g/mol. The summed E-state index contributed by atoms with van der Waals surface area (Å²) in [7, 11) is 0. The average Bonchev–Trinajstić information content (AvgIpc) is 2.98. The van der Waals surface area contributed by atoms with Crippen molar-refractivity contribution in [3.63, 3.8) is 0 Å². The Bertz CT molecular complexity index is 926. The lowest BCUT2D eigenvalue weighted by Gasteiger charge is -2.38. The van der Waals surface area contributed by atoms with Crippen LogP contribution in [0.4, 0.5) is 8.78 Å². The largest absolute Gasteiger partial charge is 0.338 e. The lowest BCUT2D eigenvalue weighted by molar-refractivity contribution is -0.131. The molecule has 1 atom stereocenters. The van der Waals surface area contributed by atoms with Crippen LogP contribution in [0.2, 0.25) is 0 Å². The maximum Gasteiger partial charge on any atom is 0.222 e. The highest BCUT2D eigenvalue weighted by molar-refractivity contribution is 5.76. The van der Waals surface area contributed by atoms with Crippen molar-refractivity contribution in [2.75, 3.05) is 39.3 Å². The zero-order valence-corrected chi connectivity index (χ0v) is 18.4. The summed E-state index contributed by atoms with van der Waals surface area (Å²) in [6, 6.07) is 14.3.